The number of amides is 2. The third-order valence-corrected chi connectivity index (χ3v) is 8.11. The second-order valence-electron chi connectivity index (χ2n) is 11.9. The molecule has 2 aromatic carbocycles. The van der Waals surface area contributed by atoms with Gasteiger partial charge in [-0.05, 0) is 63.8 Å². The monoisotopic (exact) mass is 614 g/mol. The van der Waals surface area contributed by atoms with Crippen LogP contribution in [0.25, 0.3) is 21.8 Å². The highest BCUT2D eigenvalue weighted by atomic mass is 16.3. The molecule has 2 aromatic heterocycles. The zero-order chi connectivity index (χ0) is 32.3. The molecule has 0 aliphatic rings. The van der Waals surface area contributed by atoms with Gasteiger partial charge in [-0.15, -0.1) is 20.5 Å². The first kappa shape index (κ1) is 33.6. The van der Waals surface area contributed by atoms with Crippen LogP contribution in [0.4, 0.5) is 11.4 Å². The molecule has 0 radical (unpaired) electrons. The van der Waals surface area contributed by atoms with Gasteiger partial charge >= 0.3 is 0 Å². The maximum atomic E-state index is 12.4. The second kappa shape index (κ2) is 16.1. The minimum absolute atomic E-state index is 0.0420. The van der Waals surface area contributed by atoms with Gasteiger partial charge in [-0.1, -0.05) is 69.2 Å². The summed E-state index contributed by atoms with van der Waals surface area (Å²) in [4.78, 5) is 24.8. The van der Waals surface area contributed by atoms with E-state index in [0.717, 1.165) is 77.9 Å². The molecule has 0 fully saturated rings. The molecule has 4 aromatic rings. The molecule has 240 valence electrons. The van der Waals surface area contributed by atoms with Crippen LogP contribution >= 0.6 is 0 Å². The van der Waals surface area contributed by atoms with Crippen LogP contribution in [0.2, 0.25) is 0 Å². The van der Waals surface area contributed by atoms with E-state index in [1.165, 1.54) is 0 Å². The van der Waals surface area contributed by atoms with Crippen LogP contribution in [0.3, 0.4) is 0 Å². The summed E-state index contributed by atoms with van der Waals surface area (Å²) in [7, 11) is 0. The predicted octanol–water partition coefficient (Wildman–Crippen LogP) is 9.88. The van der Waals surface area contributed by atoms with Gasteiger partial charge in [-0.2, -0.15) is 0 Å². The fourth-order valence-electron chi connectivity index (χ4n) is 5.55. The highest BCUT2D eigenvalue weighted by Gasteiger charge is 2.18. The minimum Gasteiger partial charge on any atom is -0.493 e. The van der Waals surface area contributed by atoms with Gasteiger partial charge in [0.25, 0.3) is 11.8 Å². The maximum Gasteiger partial charge on any atom is 0.264 e. The third kappa shape index (κ3) is 8.44. The van der Waals surface area contributed by atoms with Gasteiger partial charge in [0.2, 0.25) is 11.8 Å². The number of unbranched alkanes of at least 4 members (excludes halogenated alkanes) is 6. The zero-order valence-electron chi connectivity index (χ0n) is 27.1. The predicted molar refractivity (Wildman–Crippen MR) is 178 cm³/mol. The summed E-state index contributed by atoms with van der Waals surface area (Å²) in [6, 6.07) is 11.9. The number of fused-ring (bicyclic) bond motifs is 2. The number of benzene rings is 2. The number of aromatic hydroxyl groups is 2. The van der Waals surface area contributed by atoms with Gasteiger partial charge in [0.05, 0.1) is 11.0 Å². The Hall–Kier alpha value is -4.34. The molecule has 0 spiro atoms. The molecule has 2 N–H and O–H groups in total. The lowest BCUT2D eigenvalue weighted by Gasteiger charge is -2.05. The first-order valence-corrected chi connectivity index (χ1v) is 16.3. The number of aromatic nitrogens is 2. The van der Waals surface area contributed by atoms with Crippen molar-refractivity contribution in [2.45, 2.75) is 111 Å². The van der Waals surface area contributed by atoms with Crippen molar-refractivity contribution in [1.82, 2.24) is 9.13 Å². The van der Waals surface area contributed by atoms with Gasteiger partial charge < -0.3 is 19.3 Å². The molecule has 0 atom stereocenters. The SMILES string of the molecule is CCCCn1c(O)c(N=NC(=O)CCCCCCCC(=O)N=Nc2c(O)n(CCCC)c3ccc(C)cc23)c2cc(C)ccc21. The van der Waals surface area contributed by atoms with Crippen molar-refractivity contribution in [3.63, 3.8) is 0 Å². The highest BCUT2D eigenvalue weighted by molar-refractivity contribution is 5.96. The number of azo groups is 2. The fraction of sp³-hybridized carbons (Fsp3) is 0.486. The molecule has 2 amide bonds. The van der Waals surface area contributed by atoms with E-state index < -0.39 is 0 Å². The standard InChI is InChI=1S/C35H46N6O4/c1-5-7-20-40-28-18-16-24(3)22-26(28)32(34(40)44)38-36-30(42)14-12-10-9-11-13-15-31(43)37-39-33-27-23-25(4)17-19-29(27)41(35(33)45)21-8-6-2/h16-19,22-23,44-45H,5-15,20-21H2,1-4H3. The first-order valence-electron chi connectivity index (χ1n) is 16.3. The van der Waals surface area contributed by atoms with Crippen LogP contribution in [0, 0.1) is 13.8 Å². The Kier molecular flexibility index (Phi) is 12.0. The first-order chi connectivity index (χ1) is 21.7. The molecule has 45 heavy (non-hydrogen) atoms. The molecule has 2 heterocycles. The molecule has 0 unspecified atom stereocenters. The van der Waals surface area contributed by atoms with Gasteiger partial charge in [0.15, 0.2) is 11.4 Å². The van der Waals surface area contributed by atoms with E-state index in [-0.39, 0.29) is 36.4 Å². The average molecular weight is 615 g/mol. The van der Waals surface area contributed by atoms with Crippen molar-refractivity contribution < 1.29 is 19.8 Å². The summed E-state index contributed by atoms with van der Waals surface area (Å²) >= 11 is 0. The molecule has 10 nitrogen and oxygen atoms in total. The Morgan fingerprint density at radius 3 is 1.42 bits per heavy atom. The Morgan fingerprint density at radius 2 is 1.02 bits per heavy atom. The number of carbonyl (C=O) groups is 2. The Balaban J connectivity index is 1.21. The van der Waals surface area contributed by atoms with Crippen LogP contribution in [0.15, 0.2) is 56.9 Å². The van der Waals surface area contributed by atoms with Crippen molar-refractivity contribution in [1.29, 1.82) is 0 Å². The van der Waals surface area contributed by atoms with Crippen molar-refractivity contribution in [2.24, 2.45) is 20.5 Å². The number of aryl methyl sites for hydroxylation is 4. The van der Waals surface area contributed by atoms with E-state index in [1.54, 1.807) is 0 Å². The summed E-state index contributed by atoms with van der Waals surface area (Å²) in [6.07, 6.45) is 8.31. The molecule has 10 heteroatoms. The van der Waals surface area contributed by atoms with E-state index >= 15 is 0 Å². The van der Waals surface area contributed by atoms with Crippen molar-refractivity contribution in [3.05, 3.63) is 47.5 Å². The lowest BCUT2D eigenvalue weighted by Crippen LogP contribution is -1.96. The van der Waals surface area contributed by atoms with E-state index in [9.17, 15) is 19.8 Å². The van der Waals surface area contributed by atoms with Crippen LogP contribution in [-0.4, -0.2) is 31.2 Å². The average Bonchev–Trinajstić information content (AvgIpc) is 3.43. The van der Waals surface area contributed by atoms with Gasteiger partial charge in [0.1, 0.15) is 0 Å². The van der Waals surface area contributed by atoms with Crippen molar-refractivity contribution >= 4 is 45.0 Å². The number of hydrogen-bond donors (Lipinski definition) is 2. The Bertz CT molecular complexity index is 1570. The van der Waals surface area contributed by atoms with Crippen molar-refractivity contribution in [3.8, 4) is 11.8 Å². The highest BCUT2D eigenvalue weighted by Crippen LogP contribution is 2.41. The second-order valence-corrected chi connectivity index (χ2v) is 11.9. The quantitative estimate of drug-likeness (QED) is 0.0959. The summed E-state index contributed by atoms with van der Waals surface area (Å²) in [5.41, 5.74) is 4.54. The molecule has 4 rings (SSSR count). The number of carbonyl (C=O) groups excluding carboxylic acids is 2. The summed E-state index contributed by atoms with van der Waals surface area (Å²) in [5.74, 6) is -0.552. The number of rotatable bonds is 16. The fourth-order valence-corrected chi connectivity index (χ4v) is 5.55. The lowest BCUT2D eigenvalue weighted by atomic mass is 10.1. The number of hydrogen-bond acceptors (Lipinski definition) is 6. The van der Waals surface area contributed by atoms with Crippen LogP contribution < -0.4 is 0 Å². The Labute approximate surface area is 264 Å². The third-order valence-electron chi connectivity index (χ3n) is 8.11. The van der Waals surface area contributed by atoms with Gasteiger partial charge in [-0.3, -0.25) is 9.59 Å². The van der Waals surface area contributed by atoms with Crippen LogP contribution in [0.5, 0.6) is 11.8 Å². The largest absolute Gasteiger partial charge is 0.493 e. The molecule has 0 saturated carbocycles. The number of nitrogens with zero attached hydrogens (tertiary/aromatic N) is 6. The smallest absolute Gasteiger partial charge is 0.264 e. The topological polar surface area (TPSA) is 134 Å². The molecule has 0 bridgehead atoms. The van der Waals surface area contributed by atoms with E-state index in [0.29, 0.717) is 37.3 Å². The zero-order valence-corrected chi connectivity index (χ0v) is 27.1. The van der Waals surface area contributed by atoms with Crippen LogP contribution in [-0.2, 0) is 22.7 Å². The summed E-state index contributed by atoms with van der Waals surface area (Å²) in [6.45, 7) is 9.51. The van der Waals surface area contributed by atoms with Gasteiger partial charge in [-0.25, -0.2) is 0 Å². The van der Waals surface area contributed by atoms with Gasteiger partial charge in [0, 0.05) is 36.7 Å². The molecular formula is C35H46N6O4. The summed E-state index contributed by atoms with van der Waals surface area (Å²) < 4.78 is 3.67. The molecule has 0 aliphatic carbocycles. The molecule has 0 aliphatic heterocycles. The summed E-state index contributed by atoms with van der Waals surface area (Å²) in [5, 5.41) is 39.3. The van der Waals surface area contributed by atoms with Crippen LogP contribution in [0.1, 0.15) is 95.6 Å². The van der Waals surface area contributed by atoms with Crippen molar-refractivity contribution in [2.75, 3.05) is 0 Å². The Morgan fingerprint density at radius 1 is 0.622 bits per heavy atom. The lowest BCUT2D eigenvalue weighted by molar-refractivity contribution is -0.119. The van der Waals surface area contributed by atoms with E-state index in [2.05, 4.69) is 34.3 Å². The normalized spacial score (nSPS) is 12.0. The molecular weight excluding hydrogens is 568 g/mol. The molecule has 0 saturated heterocycles. The van der Waals surface area contributed by atoms with E-state index in [4.69, 9.17) is 0 Å². The van der Waals surface area contributed by atoms with E-state index in [1.807, 2.05) is 59.4 Å². The maximum absolute atomic E-state index is 12.4. The minimum atomic E-state index is -0.318.